The zero-order valence-electron chi connectivity index (χ0n) is 14.4. The number of nitrogens with zero attached hydrogens (tertiary/aromatic N) is 6. The van der Waals surface area contributed by atoms with Crippen molar-refractivity contribution in [3.8, 4) is 0 Å². The molecular weight excluding hydrogens is 330 g/mol. The van der Waals surface area contributed by atoms with Gasteiger partial charge in [-0.2, -0.15) is 4.52 Å². The standard InChI is InChI=1S/C18H17N7O/c1-24(2)16(26)11-12-7-9-13(10-8-12)19-17-18-21-22-23-25(18)15-6-4-3-5-14(15)20-17/h3-10H,11H2,1-2H3,(H,19,20). The van der Waals surface area contributed by atoms with E-state index in [0.717, 1.165) is 22.3 Å². The molecule has 0 aliphatic carbocycles. The lowest BCUT2D eigenvalue weighted by atomic mass is 10.1. The lowest BCUT2D eigenvalue weighted by Gasteiger charge is -2.11. The van der Waals surface area contributed by atoms with E-state index >= 15 is 0 Å². The van der Waals surface area contributed by atoms with Gasteiger partial charge in [0.1, 0.15) is 0 Å². The molecule has 0 radical (unpaired) electrons. The second kappa shape index (κ2) is 6.40. The number of fused-ring (bicyclic) bond motifs is 3. The second-order valence-electron chi connectivity index (χ2n) is 6.15. The van der Waals surface area contributed by atoms with Crippen LogP contribution in [0, 0.1) is 0 Å². The number of hydrogen-bond acceptors (Lipinski definition) is 6. The molecule has 8 heteroatoms. The lowest BCUT2D eigenvalue weighted by molar-refractivity contribution is -0.127. The first kappa shape index (κ1) is 15.9. The molecular formula is C18H17N7O. The molecule has 0 unspecified atom stereocenters. The monoisotopic (exact) mass is 347 g/mol. The maximum absolute atomic E-state index is 11.8. The Hall–Kier alpha value is -3.55. The highest BCUT2D eigenvalue weighted by Gasteiger charge is 2.12. The van der Waals surface area contributed by atoms with E-state index in [2.05, 4.69) is 25.8 Å². The highest BCUT2D eigenvalue weighted by Crippen LogP contribution is 2.22. The fraction of sp³-hybridized carbons (Fsp3) is 0.167. The van der Waals surface area contributed by atoms with Gasteiger partial charge in [-0.15, -0.1) is 5.10 Å². The molecule has 0 atom stereocenters. The molecule has 0 spiro atoms. The number of benzene rings is 2. The molecule has 0 aliphatic heterocycles. The van der Waals surface area contributed by atoms with Crippen LogP contribution in [0.3, 0.4) is 0 Å². The number of anilines is 2. The van der Waals surface area contributed by atoms with Gasteiger partial charge in [-0.3, -0.25) is 4.79 Å². The molecule has 2 aromatic carbocycles. The van der Waals surface area contributed by atoms with Crippen molar-refractivity contribution in [3.63, 3.8) is 0 Å². The van der Waals surface area contributed by atoms with E-state index in [4.69, 9.17) is 0 Å². The summed E-state index contributed by atoms with van der Waals surface area (Å²) in [5, 5.41) is 15.1. The molecule has 0 aliphatic rings. The molecule has 8 nitrogen and oxygen atoms in total. The Bertz CT molecular complexity index is 1090. The first-order valence-corrected chi connectivity index (χ1v) is 8.15. The summed E-state index contributed by atoms with van der Waals surface area (Å²) in [6.45, 7) is 0. The van der Waals surface area contributed by atoms with Crippen LogP contribution in [-0.4, -0.2) is 49.9 Å². The third-order valence-electron chi connectivity index (χ3n) is 4.09. The van der Waals surface area contributed by atoms with Crippen LogP contribution in [0.1, 0.15) is 5.56 Å². The molecule has 0 bridgehead atoms. The van der Waals surface area contributed by atoms with E-state index in [1.165, 1.54) is 0 Å². The van der Waals surface area contributed by atoms with Crippen molar-refractivity contribution in [1.29, 1.82) is 0 Å². The van der Waals surface area contributed by atoms with Crippen molar-refractivity contribution in [2.75, 3.05) is 19.4 Å². The molecule has 0 saturated carbocycles. The molecule has 4 aromatic rings. The van der Waals surface area contributed by atoms with Crippen LogP contribution in [0.2, 0.25) is 0 Å². The second-order valence-corrected chi connectivity index (χ2v) is 6.15. The number of para-hydroxylation sites is 2. The maximum atomic E-state index is 11.8. The van der Waals surface area contributed by atoms with Crippen molar-refractivity contribution < 1.29 is 4.79 Å². The summed E-state index contributed by atoms with van der Waals surface area (Å²) < 4.78 is 1.66. The molecule has 2 aromatic heterocycles. The summed E-state index contributed by atoms with van der Waals surface area (Å²) >= 11 is 0. The van der Waals surface area contributed by atoms with Gasteiger partial charge < -0.3 is 10.2 Å². The molecule has 130 valence electrons. The predicted molar refractivity (Wildman–Crippen MR) is 98.2 cm³/mol. The number of tetrazole rings is 1. The first-order chi connectivity index (χ1) is 12.6. The van der Waals surface area contributed by atoms with Gasteiger partial charge in [-0.1, -0.05) is 24.3 Å². The van der Waals surface area contributed by atoms with Gasteiger partial charge >= 0.3 is 0 Å². The highest BCUT2D eigenvalue weighted by atomic mass is 16.2. The number of carbonyl (C=O) groups is 1. The van der Waals surface area contributed by atoms with Crippen LogP contribution in [-0.2, 0) is 11.2 Å². The summed E-state index contributed by atoms with van der Waals surface area (Å²) in [6.07, 6.45) is 0.375. The molecule has 0 saturated heterocycles. The number of nitrogens with one attached hydrogen (secondary N) is 1. The fourth-order valence-electron chi connectivity index (χ4n) is 2.66. The third-order valence-corrected chi connectivity index (χ3v) is 4.09. The summed E-state index contributed by atoms with van der Waals surface area (Å²) in [5.41, 5.74) is 3.99. The molecule has 1 N–H and O–H groups in total. The van der Waals surface area contributed by atoms with Crippen LogP contribution in [0.5, 0.6) is 0 Å². The summed E-state index contributed by atoms with van der Waals surface area (Å²) in [7, 11) is 3.50. The van der Waals surface area contributed by atoms with Crippen molar-refractivity contribution in [2.24, 2.45) is 0 Å². The van der Waals surface area contributed by atoms with Crippen molar-refractivity contribution >= 4 is 34.1 Å². The largest absolute Gasteiger partial charge is 0.349 e. The van der Waals surface area contributed by atoms with Crippen LogP contribution in [0.25, 0.3) is 16.7 Å². The topological polar surface area (TPSA) is 88.3 Å². The van der Waals surface area contributed by atoms with E-state index in [1.807, 2.05) is 48.5 Å². The van der Waals surface area contributed by atoms with Crippen molar-refractivity contribution in [3.05, 3.63) is 54.1 Å². The van der Waals surface area contributed by atoms with Gasteiger partial charge in [-0.05, 0) is 40.3 Å². The van der Waals surface area contributed by atoms with Gasteiger partial charge in [0.2, 0.25) is 11.6 Å². The molecule has 26 heavy (non-hydrogen) atoms. The Labute approximate surface area is 149 Å². The Kier molecular flexibility index (Phi) is 3.92. The predicted octanol–water partition coefficient (Wildman–Crippen LogP) is 2.05. The van der Waals surface area contributed by atoms with E-state index in [1.54, 1.807) is 23.5 Å². The Morgan fingerprint density at radius 2 is 1.88 bits per heavy atom. The van der Waals surface area contributed by atoms with E-state index < -0.39 is 0 Å². The zero-order chi connectivity index (χ0) is 18.1. The summed E-state index contributed by atoms with van der Waals surface area (Å²) in [4.78, 5) is 18.0. The van der Waals surface area contributed by atoms with E-state index in [9.17, 15) is 4.79 Å². The average molecular weight is 347 g/mol. The number of likely N-dealkylation sites (N-methyl/N-ethyl adjacent to an activating group) is 1. The average Bonchev–Trinajstić information content (AvgIpc) is 3.14. The Morgan fingerprint density at radius 3 is 2.65 bits per heavy atom. The fourth-order valence-corrected chi connectivity index (χ4v) is 2.66. The minimum Gasteiger partial charge on any atom is -0.349 e. The smallest absolute Gasteiger partial charge is 0.226 e. The van der Waals surface area contributed by atoms with Gasteiger partial charge in [0.05, 0.1) is 17.5 Å². The normalized spacial score (nSPS) is 11.0. The number of amides is 1. The molecule has 1 amide bonds. The van der Waals surface area contributed by atoms with Gasteiger partial charge in [0, 0.05) is 19.8 Å². The van der Waals surface area contributed by atoms with Crippen LogP contribution in [0.4, 0.5) is 11.5 Å². The number of rotatable bonds is 4. The highest BCUT2D eigenvalue weighted by molar-refractivity contribution is 5.83. The molecule has 2 heterocycles. The first-order valence-electron chi connectivity index (χ1n) is 8.15. The summed E-state index contributed by atoms with van der Waals surface area (Å²) in [6, 6.07) is 15.3. The van der Waals surface area contributed by atoms with Crippen LogP contribution in [0.15, 0.2) is 48.5 Å². The van der Waals surface area contributed by atoms with Crippen LogP contribution >= 0.6 is 0 Å². The molecule has 0 fully saturated rings. The SMILES string of the molecule is CN(C)C(=O)Cc1ccc(Nc2nc3ccccc3n3nnnc23)cc1. The van der Waals surface area contributed by atoms with E-state index in [-0.39, 0.29) is 5.91 Å². The van der Waals surface area contributed by atoms with Gasteiger partial charge in [0.15, 0.2) is 5.82 Å². The Morgan fingerprint density at radius 1 is 1.12 bits per heavy atom. The van der Waals surface area contributed by atoms with Crippen molar-refractivity contribution in [1.82, 2.24) is 29.9 Å². The molecule has 4 rings (SSSR count). The van der Waals surface area contributed by atoms with Crippen LogP contribution < -0.4 is 5.32 Å². The minimum atomic E-state index is 0.0677. The Balaban J connectivity index is 1.64. The maximum Gasteiger partial charge on any atom is 0.226 e. The number of hydrogen-bond donors (Lipinski definition) is 1. The van der Waals surface area contributed by atoms with Crippen molar-refractivity contribution in [2.45, 2.75) is 6.42 Å². The van der Waals surface area contributed by atoms with Gasteiger partial charge in [0.25, 0.3) is 0 Å². The summed E-state index contributed by atoms with van der Waals surface area (Å²) in [5.74, 6) is 0.643. The lowest BCUT2D eigenvalue weighted by Crippen LogP contribution is -2.23. The van der Waals surface area contributed by atoms with E-state index in [0.29, 0.717) is 17.9 Å². The number of aromatic nitrogens is 5. The third kappa shape index (κ3) is 2.92. The number of carbonyl (C=O) groups excluding carboxylic acids is 1. The quantitative estimate of drug-likeness (QED) is 0.608. The van der Waals surface area contributed by atoms with Gasteiger partial charge in [-0.25, -0.2) is 4.98 Å². The minimum absolute atomic E-state index is 0.0677. The zero-order valence-corrected chi connectivity index (χ0v) is 14.4.